The molecule has 4 heterocycles. The number of carbonyl (C=O) groups is 3. The van der Waals surface area contributed by atoms with Gasteiger partial charge in [0.2, 0.25) is 17.6 Å². The summed E-state index contributed by atoms with van der Waals surface area (Å²) >= 11 is 0. The van der Waals surface area contributed by atoms with Crippen LogP contribution in [0.1, 0.15) is 12.6 Å². The highest BCUT2D eigenvalue weighted by atomic mass is 31.2. The summed E-state index contributed by atoms with van der Waals surface area (Å²) in [5.41, 5.74) is 4.39. The van der Waals surface area contributed by atoms with Crippen molar-refractivity contribution in [2.75, 3.05) is 38.7 Å². The summed E-state index contributed by atoms with van der Waals surface area (Å²) in [7, 11) is -11.1. The number of carboxylic acid groups (broad SMARTS) is 1. The van der Waals surface area contributed by atoms with E-state index in [0.29, 0.717) is 4.57 Å². The number of nitrogen functional groups attached to an aromatic ring is 1. The van der Waals surface area contributed by atoms with Crippen LogP contribution in [-0.2, 0) is 56.0 Å². The van der Waals surface area contributed by atoms with Crippen LogP contribution in [-0.4, -0.2) is 201 Å². The molecule has 33 heteroatoms. The molecule has 3 aliphatic rings. The Kier molecular flexibility index (Phi) is 17.0. The van der Waals surface area contributed by atoms with Gasteiger partial charge < -0.3 is 110 Å². The van der Waals surface area contributed by atoms with E-state index >= 15 is 0 Å². The topological polar surface area (TPSA) is 504 Å². The zero-order valence-corrected chi connectivity index (χ0v) is 32.7. The molecule has 0 saturated carbocycles. The maximum atomic E-state index is 13.0. The van der Waals surface area contributed by atoms with Gasteiger partial charge in [0, 0.05) is 12.6 Å². The monoisotopic (exact) mass is 927 g/mol. The van der Waals surface area contributed by atoms with Gasteiger partial charge in [0.05, 0.1) is 38.5 Å². The molecule has 11 unspecified atom stereocenters. The number of phosphoric acid groups is 2. The van der Waals surface area contributed by atoms with Gasteiger partial charge in [-0.15, -0.1) is 0 Å². The molecule has 1 aromatic heterocycles. The average Bonchev–Trinajstić information content (AvgIpc) is 3.46. The number of nitrogens with zero attached hydrogens (tertiary/aromatic N) is 2. The first-order valence-corrected chi connectivity index (χ1v) is 20.4. The van der Waals surface area contributed by atoms with E-state index in [1.807, 2.05) is 10.6 Å². The number of hydrogen-bond acceptors (Lipinski definition) is 26. The minimum Gasteiger partial charge on any atom is -0.756 e. The standard InChI is InChI=1S/C28H45N5O26P2/c29-13-1-2-33(27(47)31-13)24-21(43)19(41)11(56-24)7-55-61(51,52)59-28(26(45)46)3-9(35)16(23(58-28)17(39)10(36)5-34)32-14(37)4-30-15(38)8-53-25-22(44)20(42)18(40)12(57-25)6-54-60(48,49)50/h1-2,9-12,16-25,34-36,39-44H,3-8H2,(H,30,38)(H,32,37)(H,45,46)(H,51,52)(H2,29,31,47)(H2,48,49,50)/p-2/t9?,10-,11?,12?,16?,17-,18+,19?,20+,21?,22?,23?,24?,25-,28?/m1/s1. The van der Waals surface area contributed by atoms with Gasteiger partial charge in [-0.3, -0.25) is 27.8 Å². The van der Waals surface area contributed by atoms with E-state index in [1.165, 1.54) is 0 Å². The summed E-state index contributed by atoms with van der Waals surface area (Å²) in [6, 6.07) is -0.848. The molecule has 0 aliphatic carbocycles. The van der Waals surface area contributed by atoms with E-state index in [9.17, 15) is 84.3 Å². The molecule has 3 saturated heterocycles. The summed E-state index contributed by atoms with van der Waals surface area (Å²) in [6.07, 6.45) is -26.4. The predicted molar refractivity (Wildman–Crippen MR) is 181 cm³/mol. The summed E-state index contributed by atoms with van der Waals surface area (Å²) in [5.74, 6) is -8.73. The van der Waals surface area contributed by atoms with E-state index in [4.69, 9.17) is 34.5 Å². The molecule has 0 radical (unpaired) electrons. The van der Waals surface area contributed by atoms with E-state index < -0.39 is 170 Å². The summed E-state index contributed by atoms with van der Waals surface area (Å²) in [6.45, 7) is -5.51. The molecule has 16 atom stereocenters. The van der Waals surface area contributed by atoms with Crippen molar-refractivity contribution in [3.8, 4) is 0 Å². The number of carbonyl (C=O) groups excluding carboxylic acids is 3. The van der Waals surface area contributed by atoms with Crippen molar-refractivity contribution in [2.45, 2.75) is 97.9 Å². The molecular formula is C28H43N5O26P2-2. The van der Waals surface area contributed by atoms with E-state index in [-0.39, 0.29) is 5.82 Å². The van der Waals surface area contributed by atoms with Crippen LogP contribution in [0.25, 0.3) is 0 Å². The van der Waals surface area contributed by atoms with E-state index in [0.717, 1.165) is 12.3 Å². The average molecular weight is 928 g/mol. The molecule has 3 aliphatic heterocycles. The maximum absolute atomic E-state index is 13.0. The first-order valence-electron chi connectivity index (χ1n) is 17.4. The number of carboxylic acids is 1. The molecular weight excluding hydrogens is 884 g/mol. The SMILES string of the molecule is Nc1ccn(C2OC(COP(=O)([O-])OC3(C(=O)[O-])CC(O)C(NC(=O)CNC(=O)CO[C@@H]4OC(COP(=O)(O)O)[C@H](O)[C@H](O)C4O)C([C@H](O)[C@H](O)CO)O3)C(O)C2O)c(=O)n1. The Morgan fingerprint density at radius 2 is 1.61 bits per heavy atom. The molecule has 15 N–H and O–H groups in total. The van der Waals surface area contributed by atoms with Crippen LogP contribution in [0.2, 0.25) is 0 Å². The second kappa shape index (κ2) is 20.5. The number of aromatic nitrogens is 2. The number of anilines is 1. The normalized spacial score (nSPS) is 35.1. The Hall–Kier alpha value is -3.21. The molecule has 3 fully saturated rings. The Morgan fingerprint density at radius 3 is 2.21 bits per heavy atom. The lowest BCUT2D eigenvalue weighted by Gasteiger charge is -2.50. The minimum atomic E-state index is -6.02. The van der Waals surface area contributed by atoms with Crippen LogP contribution in [0.4, 0.5) is 5.82 Å². The number of hydrogen-bond donors (Lipinski definition) is 14. The van der Waals surface area contributed by atoms with Gasteiger partial charge >= 0.3 is 13.5 Å². The quantitative estimate of drug-likeness (QED) is 0.0573. The Morgan fingerprint density at radius 1 is 0.984 bits per heavy atom. The van der Waals surface area contributed by atoms with Crippen LogP contribution in [0.15, 0.2) is 17.1 Å². The van der Waals surface area contributed by atoms with Crippen molar-refractivity contribution in [3.05, 3.63) is 22.7 Å². The van der Waals surface area contributed by atoms with Gasteiger partial charge in [0.15, 0.2) is 12.5 Å². The van der Waals surface area contributed by atoms with Crippen LogP contribution in [0.3, 0.4) is 0 Å². The second-order valence-electron chi connectivity index (χ2n) is 13.5. The van der Waals surface area contributed by atoms with Crippen molar-refractivity contribution in [1.29, 1.82) is 0 Å². The summed E-state index contributed by atoms with van der Waals surface area (Å²) in [4.78, 5) is 84.0. The van der Waals surface area contributed by atoms with Crippen molar-refractivity contribution in [2.24, 2.45) is 0 Å². The molecule has 2 amide bonds. The third kappa shape index (κ3) is 12.7. The number of ether oxygens (including phenoxy) is 4. The number of aliphatic hydroxyl groups is 9. The first-order chi connectivity index (χ1) is 28.3. The lowest BCUT2D eigenvalue weighted by Crippen LogP contribution is -2.70. The fraction of sp³-hybridized carbons (Fsp3) is 0.750. The Labute approximate surface area is 340 Å². The smallest absolute Gasteiger partial charge is 0.469 e. The first kappa shape index (κ1) is 50.4. The third-order valence-electron chi connectivity index (χ3n) is 9.15. The molecule has 0 bridgehead atoms. The van der Waals surface area contributed by atoms with Crippen molar-refractivity contribution in [1.82, 2.24) is 20.2 Å². The number of rotatable bonds is 19. The van der Waals surface area contributed by atoms with E-state index in [1.54, 1.807) is 0 Å². The number of nitrogens with one attached hydrogen (secondary N) is 2. The number of amides is 2. The van der Waals surface area contributed by atoms with Crippen molar-refractivity contribution in [3.63, 3.8) is 0 Å². The largest absolute Gasteiger partial charge is 0.756 e. The molecule has 31 nitrogen and oxygen atoms in total. The van der Waals surface area contributed by atoms with Crippen molar-refractivity contribution >= 4 is 39.2 Å². The summed E-state index contributed by atoms with van der Waals surface area (Å²) in [5, 5.41) is 109. The fourth-order valence-electron chi connectivity index (χ4n) is 6.05. The van der Waals surface area contributed by atoms with Crippen LogP contribution >= 0.6 is 15.6 Å². The van der Waals surface area contributed by atoms with Crippen molar-refractivity contribution < 1.29 is 122 Å². The van der Waals surface area contributed by atoms with Gasteiger partial charge in [0.1, 0.15) is 79.4 Å². The van der Waals surface area contributed by atoms with Crippen LogP contribution in [0.5, 0.6) is 0 Å². The minimum absolute atomic E-state index is 0.202. The molecule has 0 spiro atoms. The van der Waals surface area contributed by atoms with Gasteiger partial charge in [0.25, 0.3) is 7.82 Å². The molecule has 4 rings (SSSR count). The third-order valence-corrected chi connectivity index (χ3v) is 10.6. The number of phosphoric ester groups is 2. The van der Waals surface area contributed by atoms with Gasteiger partial charge in [-0.1, -0.05) is 0 Å². The number of nitrogens with two attached hydrogens (primary N) is 1. The number of aliphatic carboxylic acids is 1. The fourth-order valence-corrected chi connectivity index (χ4v) is 7.33. The van der Waals surface area contributed by atoms with Gasteiger partial charge in [-0.2, -0.15) is 4.98 Å². The van der Waals surface area contributed by atoms with Gasteiger partial charge in [-0.25, -0.2) is 9.36 Å². The second-order valence-corrected chi connectivity index (χ2v) is 16.1. The van der Waals surface area contributed by atoms with Gasteiger partial charge in [-0.05, 0) is 6.07 Å². The predicted octanol–water partition coefficient (Wildman–Crippen LogP) is -11.2. The highest BCUT2D eigenvalue weighted by Gasteiger charge is 2.54. The lowest BCUT2D eigenvalue weighted by molar-refractivity contribution is -0.377. The molecule has 348 valence electrons. The highest BCUT2D eigenvalue weighted by molar-refractivity contribution is 7.46. The zero-order chi connectivity index (χ0) is 45.8. The van der Waals surface area contributed by atoms with E-state index in [2.05, 4.69) is 18.6 Å². The maximum Gasteiger partial charge on any atom is 0.469 e. The summed E-state index contributed by atoms with van der Waals surface area (Å²) < 4.78 is 58.8. The molecule has 61 heavy (non-hydrogen) atoms. The lowest BCUT2D eigenvalue weighted by atomic mass is 9.88. The Bertz CT molecular complexity index is 1860. The zero-order valence-electron chi connectivity index (χ0n) is 30.9. The number of aliphatic hydroxyl groups excluding tert-OH is 9. The molecule has 0 aromatic carbocycles. The molecule has 1 aromatic rings. The highest BCUT2D eigenvalue weighted by Crippen LogP contribution is 2.48. The Balaban J connectivity index is 1.38. The van der Waals surface area contributed by atoms with Crippen LogP contribution < -0.4 is 32.1 Å². The van der Waals surface area contributed by atoms with Crippen LogP contribution in [0, 0.1) is 0 Å².